The molecule has 2 N–H and O–H groups in total. The summed E-state index contributed by atoms with van der Waals surface area (Å²) in [7, 11) is 0. The zero-order chi connectivity index (χ0) is 16.8. The number of nitrogens with one attached hydrogen (secondary N) is 1. The van der Waals surface area contributed by atoms with Gasteiger partial charge in [0.15, 0.2) is 6.61 Å². The molecule has 120 valence electrons. The molecule has 0 unspecified atom stereocenters. The van der Waals surface area contributed by atoms with E-state index in [-0.39, 0.29) is 18.1 Å². The summed E-state index contributed by atoms with van der Waals surface area (Å²) in [5, 5.41) is 13.5. The predicted octanol–water partition coefficient (Wildman–Crippen LogP) is 2.68. The van der Waals surface area contributed by atoms with Crippen molar-refractivity contribution in [3.8, 4) is 11.5 Å². The van der Waals surface area contributed by atoms with Gasteiger partial charge in [0.05, 0.1) is 6.21 Å². The molecule has 0 spiro atoms. The Morgan fingerprint density at radius 2 is 2.00 bits per heavy atom. The van der Waals surface area contributed by atoms with E-state index in [1.54, 1.807) is 32.0 Å². The molecule has 0 atom stereocenters. The van der Waals surface area contributed by atoms with Gasteiger partial charge in [-0.3, -0.25) is 4.79 Å². The lowest BCUT2D eigenvalue weighted by molar-refractivity contribution is -0.123. The topological polar surface area (TPSA) is 70.9 Å². The van der Waals surface area contributed by atoms with Crippen LogP contribution in [0.2, 0.25) is 0 Å². The van der Waals surface area contributed by atoms with Crippen LogP contribution in [0, 0.1) is 19.7 Å². The Hall–Kier alpha value is -2.89. The van der Waals surface area contributed by atoms with Crippen LogP contribution in [0.4, 0.5) is 4.39 Å². The number of hydrogen-bond acceptors (Lipinski definition) is 4. The van der Waals surface area contributed by atoms with Crippen molar-refractivity contribution >= 4 is 12.1 Å². The van der Waals surface area contributed by atoms with Crippen molar-refractivity contribution in [3.63, 3.8) is 0 Å². The van der Waals surface area contributed by atoms with Gasteiger partial charge in [-0.1, -0.05) is 6.07 Å². The third-order valence-electron chi connectivity index (χ3n) is 3.08. The highest BCUT2D eigenvalue weighted by Crippen LogP contribution is 2.21. The highest BCUT2D eigenvalue weighted by atomic mass is 19.1. The molecule has 0 aliphatic heterocycles. The van der Waals surface area contributed by atoms with Crippen LogP contribution >= 0.6 is 0 Å². The van der Waals surface area contributed by atoms with Gasteiger partial charge in [0.1, 0.15) is 17.3 Å². The van der Waals surface area contributed by atoms with Gasteiger partial charge < -0.3 is 9.84 Å². The normalized spacial score (nSPS) is 10.7. The average Bonchev–Trinajstić information content (AvgIpc) is 2.50. The van der Waals surface area contributed by atoms with Crippen LogP contribution in [0.3, 0.4) is 0 Å². The number of phenols is 1. The minimum absolute atomic E-state index is 0.245. The fourth-order valence-electron chi connectivity index (χ4n) is 1.98. The van der Waals surface area contributed by atoms with E-state index in [1.807, 2.05) is 0 Å². The average molecular weight is 316 g/mol. The van der Waals surface area contributed by atoms with Crippen LogP contribution < -0.4 is 10.2 Å². The number of aryl methyl sites for hydroxylation is 2. The summed E-state index contributed by atoms with van der Waals surface area (Å²) in [4.78, 5) is 11.6. The van der Waals surface area contributed by atoms with Crippen molar-refractivity contribution in [2.45, 2.75) is 13.8 Å². The molecule has 6 heteroatoms. The number of hydrogen-bond donors (Lipinski definition) is 2. The van der Waals surface area contributed by atoms with Gasteiger partial charge >= 0.3 is 0 Å². The number of ether oxygens (including phenoxy) is 1. The molecule has 1 amide bonds. The van der Waals surface area contributed by atoms with Crippen molar-refractivity contribution in [3.05, 3.63) is 58.9 Å². The molecule has 5 nitrogen and oxygen atoms in total. The van der Waals surface area contributed by atoms with E-state index in [0.29, 0.717) is 0 Å². The molecular formula is C17H17FN2O3. The van der Waals surface area contributed by atoms with Gasteiger partial charge in [-0.05, 0) is 54.8 Å². The number of amides is 1. The fraction of sp³-hybridized carbons (Fsp3) is 0.176. The van der Waals surface area contributed by atoms with E-state index in [4.69, 9.17) is 4.74 Å². The molecule has 0 radical (unpaired) electrons. The molecule has 0 bridgehead atoms. The van der Waals surface area contributed by atoms with Crippen LogP contribution in [0.5, 0.6) is 11.5 Å². The SMILES string of the molecule is Cc1cc(/C=N/NC(=O)COc2cccc(F)c2)cc(C)c1O. The first kappa shape index (κ1) is 16.5. The highest BCUT2D eigenvalue weighted by molar-refractivity contribution is 5.83. The first-order valence-corrected chi connectivity index (χ1v) is 6.96. The minimum Gasteiger partial charge on any atom is -0.507 e. The standard InChI is InChI=1S/C17H17FN2O3/c1-11-6-13(7-12(2)17(11)22)9-19-20-16(21)10-23-15-5-3-4-14(18)8-15/h3-9,22H,10H2,1-2H3,(H,20,21)/b19-9+. The molecule has 2 aromatic carbocycles. The van der Waals surface area contributed by atoms with Gasteiger partial charge in [-0.2, -0.15) is 5.10 Å². The lowest BCUT2D eigenvalue weighted by atomic mass is 10.1. The fourth-order valence-corrected chi connectivity index (χ4v) is 1.98. The summed E-state index contributed by atoms with van der Waals surface area (Å²) >= 11 is 0. The molecule has 2 rings (SSSR count). The lowest BCUT2D eigenvalue weighted by Crippen LogP contribution is -2.24. The van der Waals surface area contributed by atoms with E-state index in [2.05, 4.69) is 10.5 Å². The third kappa shape index (κ3) is 4.81. The maximum absolute atomic E-state index is 13.0. The second-order valence-corrected chi connectivity index (χ2v) is 5.04. The number of halogens is 1. The number of phenolic OH excluding ortho intramolecular Hbond substituents is 1. The minimum atomic E-state index is -0.460. The molecule has 0 aliphatic carbocycles. The molecule has 0 heterocycles. The largest absolute Gasteiger partial charge is 0.507 e. The summed E-state index contributed by atoms with van der Waals surface area (Å²) in [5.74, 6) is -0.375. The van der Waals surface area contributed by atoms with Crippen molar-refractivity contribution in [1.29, 1.82) is 0 Å². The van der Waals surface area contributed by atoms with Gasteiger partial charge in [0.25, 0.3) is 5.91 Å². The number of carbonyl (C=O) groups is 1. The monoisotopic (exact) mass is 316 g/mol. The number of hydrazone groups is 1. The Kier molecular flexibility index (Phi) is 5.30. The van der Waals surface area contributed by atoms with E-state index in [0.717, 1.165) is 16.7 Å². The maximum atomic E-state index is 13.0. The van der Waals surface area contributed by atoms with Crippen molar-refractivity contribution in [2.75, 3.05) is 6.61 Å². The predicted molar refractivity (Wildman–Crippen MR) is 85.2 cm³/mol. The van der Waals surface area contributed by atoms with Crippen LogP contribution in [0.15, 0.2) is 41.5 Å². The first-order chi connectivity index (χ1) is 11.0. The van der Waals surface area contributed by atoms with E-state index in [9.17, 15) is 14.3 Å². The summed E-state index contributed by atoms with van der Waals surface area (Å²) in [6.45, 7) is 3.30. The quantitative estimate of drug-likeness (QED) is 0.658. The molecule has 23 heavy (non-hydrogen) atoms. The van der Waals surface area contributed by atoms with E-state index in [1.165, 1.54) is 24.4 Å². The van der Waals surface area contributed by atoms with Gasteiger partial charge in [0.2, 0.25) is 0 Å². The van der Waals surface area contributed by atoms with E-state index >= 15 is 0 Å². The third-order valence-corrected chi connectivity index (χ3v) is 3.08. The molecule has 0 aromatic heterocycles. The second-order valence-electron chi connectivity index (χ2n) is 5.04. The van der Waals surface area contributed by atoms with Gasteiger partial charge in [0, 0.05) is 6.07 Å². The van der Waals surface area contributed by atoms with Crippen LogP contribution in [-0.4, -0.2) is 23.8 Å². The molecule has 0 fully saturated rings. The van der Waals surface area contributed by atoms with Crippen molar-refractivity contribution in [1.82, 2.24) is 5.43 Å². The summed E-state index contributed by atoms with van der Waals surface area (Å²) < 4.78 is 18.1. The number of nitrogens with zero attached hydrogens (tertiary/aromatic N) is 1. The lowest BCUT2D eigenvalue weighted by Gasteiger charge is -2.05. The number of rotatable bonds is 5. The zero-order valence-electron chi connectivity index (χ0n) is 12.8. The molecular weight excluding hydrogens is 299 g/mol. The molecule has 0 saturated carbocycles. The molecule has 2 aromatic rings. The number of aromatic hydroxyl groups is 1. The van der Waals surface area contributed by atoms with Crippen LogP contribution in [0.1, 0.15) is 16.7 Å². The summed E-state index contributed by atoms with van der Waals surface area (Å²) in [6, 6.07) is 9.04. The number of benzene rings is 2. The Bertz CT molecular complexity index is 721. The Morgan fingerprint density at radius 3 is 2.65 bits per heavy atom. The second kappa shape index (κ2) is 7.40. The first-order valence-electron chi connectivity index (χ1n) is 6.96. The van der Waals surface area contributed by atoms with Crippen LogP contribution in [-0.2, 0) is 4.79 Å². The number of carbonyl (C=O) groups excluding carboxylic acids is 1. The van der Waals surface area contributed by atoms with Crippen molar-refractivity contribution < 1.29 is 19.0 Å². The van der Waals surface area contributed by atoms with Crippen LogP contribution in [0.25, 0.3) is 0 Å². The Labute approximate surface area is 133 Å². The molecule has 0 aliphatic rings. The van der Waals surface area contributed by atoms with Crippen molar-refractivity contribution in [2.24, 2.45) is 5.10 Å². The smallest absolute Gasteiger partial charge is 0.277 e. The molecule has 0 saturated heterocycles. The summed E-state index contributed by atoms with van der Waals surface area (Å²) in [6.07, 6.45) is 1.47. The van der Waals surface area contributed by atoms with E-state index < -0.39 is 11.7 Å². The zero-order valence-corrected chi connectivity index (χ0v) is 12.8. The summed E-state index contributed by atoms with van der Waals surface area (Å²) in [5.41, 5.74) is 4.53. The van der Waals surface area contributed by atoms with Gasteiger partial charge in [-0.15, -0.1) is 0 Å². The Balaban J connectivity index is 1.86. The van der Waals surface area contributed by atoms with Gasteiger partial charge in [-0.25, -0.2) is 9.82 Å². The Morgan fingerprint density at radius 1 is 1.30 bits per heavy atom. The highest BCUT2D eigenvalue weighted by Gasteiger charge is 2.03. The maximum Gasteiger partial charge on any atom is 0.277 e.